The maximum Gasteiger partial charge on any atom is 0.328 e. The minimum Gasteiger partial charge on any atom is -0.467 e. The second-order valence-electron chi connectivity index (χ2n) is 5.16. The van der Waals surface area contributed by atoms with E-state index in [2.05, 4.69) is 15.2 Å². The number of methoxy groups -OCH3 is 1. The molecule has 0 fully saturated rings. The first-order valence-corrected chi connectivity index (χ1v) is 6.93. The van der Waals surface area contributed by atoms with E-state index in [9.17, 15) is 9.59 Å². The van der Waals surface area contributed by atoms with Crippen molar-refractivity contribution < 1.29 is 18.8 Å². The molecule has 2 rings (SSSR count). The van der Waals surface area contributed by atoms with Crippen LogP contribution in [0.4, 0.5) is 0 Å². The van der Waals surface area contributed by atoms with Crippen molar-refractivity contribution in [1.29, 1.82) is 0 Å². The Kier molecular flexibility index (Phi) is 4.93. The summed E-state index contributed by atoms with van der Waals surface area (Å²) in [5, 5.41) is 6.47. The zero-order valence-corrected chi connectivity index (χ0v) is 12.7. The quantitative estimate of drug-likeness (QED) is 0.857. The number of amides is 1. The smallest absolute Gasteiger partial charge is 0.328 e. The van der Waals surface area contributed by atoms with Gasteiger partial charge in [0, 0.05) is 11.6 Å². The maximum atomic E-state index is 12.2. The second-order valence-corrected chi connectivity index (χ2v) is 5.16. The second kappa shape index (κ2) is 6.89. The third-order valence-corrected chi connectivity index (χ3v) is 3.21. The van der Waals surface area contributed by atoms with Crippen LogP contribution < -0.4 is 5.32 Å². The summed E-state index contributed by atoms with van der Waals surface area (Å²) in [6, 6.07) is 10.2. The van der Waals surface area contributed by atoms with Crippen LogP contribution in [0.1, 0.15) is 24.4 Å². The average molecular weight is 302 g/mol. The standard InChI is InChI=1S/C16H18N2O4/c1-10(2)14(16(20)21-3)17-15(19)13-9-12(18-22-13)11-7-5-4-6-8-11/h4-10,14H,1-3H3,(H,17,19). The topological polar surface area (TPSA) is 81.4 Å². The average Bonchev–Trinajstić information content (AvgIpc) is 3.02. The van der Waals surface area contributed by atoms with Crippen LogP contribution >= 0.6 is 0 Å². The van der Waals surface area contributed by atoms with Gasteiger partial charge in [-0.25, -0.2) is 4.79 Å². The molecule has 0 radical (unpaired) electrons. The molecule has 116 valence electrons. The summed E-state index contributed by atoms with van der Waals surface area (Å²) in [6.45, 7) is 3.63. The SMILES string of the molecule is COC(=O)C(NC(=O)c1cc(-c2ccccc2)no1)C(C)C. The highest BCUT2D eigenvalue weighted by atomic mass is 16.5. The predicted molar refractivity (Wildman–Crippen MR) is 80.0 cm³/mol. The molecule has 0 saturated heterocycles. The van der Waals surface area contributed by atoms with Crippen LogP contribution in [0.25, 0.3) is 11.3 Å². The van der Waals surface area contributed by atoms with Crippen LogP contribution in [0, 0.1) is 5.92 Å². The van der Waals surface area contributed by atoms with Crippen LogP contribution in [0.3, 0.4) is 0 Å². The van der Waals surface area contributed by atoms with E-state index in [0.29, 0.717) is 5.69 Å². The number of aromatic nitrogens is 1. The third-order valence-electron chi connectivity index (χ3n) is 3.21. The first kappa shape index (κ1) is 15.8. The molecule has 1 amide bonds. The molecule has 22 heavy (non-hydrogen) atoms. The van der Waals surface area contributed by atoms with Crippen molar-refractivity contribution in [3.8, 4) is 11.3 Å². The van der Waals surface area contributed by atoms with Crippen molar-refractivity contribution in [1.82, 2.24) is 10.5 Å². The van der Waals surface area contributed by atoms with E-state index in [1.165, 1.54) is 7.11 Å². The molecule has 2 aromatic rings. The minimum atomic E-state index is -0.734. The van der Waals surface area contributed by atoms with Crippen LogP contribution in [-0.4, -0.2) is 30.2 Å². The lowest BCUT2D eigenvalue weighted by molar-refractivity contribution is -0.144. The molecule has 1 unspecified atom stereocenters. The van der Waals surface area contributed by atoms with Gasteiger partial charge in [-0.05, 0) is 5.92 Å². The Balaban J connectivity index is 2.13. The minimum absolute atomic E-state index is 0.0495. The summed E-state index contributed by atoms with van der Waals surface area (Å²) in [7, 11) is 1.28. The van der Waals surface area contributed by atoms with Gasteiger partial charge in [0.15, 0.2) is 0 Å². The van der Waals surface area contributed by atoms with Crippen LogP contribution in [0.15, 0.2) is 40.9 Å². The fraction of sp³-hybridized carbons (Fsp3) is 0.312. The number of rotatable bonds is 5. The van der Waals surface area contributed by atoms with Gasteiger partial charge in [0.25, 0.3) is 5.91 Å². The Morgan fingerprint density at radius 2 is 1.91 bits per heavy atom. The van der Waals surface area contributed by atoms with Crippen molar-refractivity contribution in [3.05, 3.63) is 42.2 Å². The molecule has 0 bridgehead atoms. The highest BCUT2D eigenvalue weighted by Gasteiger charge is 2.27. The van der Waals surface area contributed by atoms with Gasteiger partial charge in [-0.15, -0.1) is 0 Å². The first-order chi connectivity index (χ1) is 10.5. The molecule has 1 heterocycles. The summed E-state index contributed by atoms with van der Waals surface area (Å²) >= 11 is 0. The Hall–Kier alpha value is -2.63. The number of nitrogens with one attached hydrogen (secondary N) is 1. The number of esters is 1. The normalized spacial score (nSPS) is 12.0. The summed E-state index contributed by atoms with van der Waals surface area (Å²) < 4.78 is 9.75. The fourth-order valence-corrected chi connectivity index (χ4v) is 1.96. The number of benzene rings is 1. The lowest BCUT2D eigenvalue weighted by atomic mass is 10.0. The van der Waals surface area contributed by atoms with E-state index in [0.717, 1.165) is 5.56 Å². The third kappa shape index (κ3) is 3.52. The number of nitrogens with zero attached hydrogens (tertiary/aromatic N) is 1. The van der Waals surface area contributed by atoms with Crippen LogP contribution in [-0.2, 0) is 9.53 Å². The Morgan fingerprint density at radius 1 is 1.23 bits per heavy atom. The molecule has 1 atom stereocenters. The summed E-state index contributed by atoms with van der Waals surface area (Å²) in [5.41, 5.74) is 1.41. The number of ether oxygens (including phenoxy) is 1. The predicted octanol–water partition coefficient (Wildman–Crippen LogP) is 2.27. The Bertz CT molecular complexity index is 649. The fourth-order valence-electron chi connectivity index (χ4n) is 1.96. The van der Waals surface area contributed by atoms with E-state index < -0.39 is 17.9 Å². The number of hydrogen-bond acceptors (Lipinski definition) is 5. The van der Waals surface area contributed by atoms with E-state index in [1.54, 1.807) is 6.07 Å². The van der Waals surface area contributed by atoms with E-state index in [1.807, 2.05) is 44.2 Å². The van der Waals surface area contributed by atoms with E-state index >= 15 is 0 Å². The van der Waals surface area contributed by atoms with Gasteiger partial charge >= 0.3 is 5.97 Å². The Morgan fingerprint density at radius 3 is 2.50 bits per heavy atom. The van der Waals surface area contributed by atoms with Gasteiger partial charge in [-0.1, -0.05) is 49.3 Å². The van der Waals surface area contributed by atoms with Crippen molar-refractivity contribution in [2.75, 3.05) is 7.11 Å². The largest absolute Gasteiger partial charge is 0.467 e. The van der Waals surface area contributed by atoms with Crippen LogP contribution in [0.2, 0.25) is 0 Å². The van der Waals surface area contributed by atoms with Crippen molar-refractivity contribution in [2.24, 2.45) is 5.92 Å². The summed E-state index contributed by atoms with van der Waals surface area (Å²) in [4.78, 5) is 23.8. The maximum absolute atomic E-state index is 12.2. The molecule has 0 spiro atoms. The molecule has 1 aromatic heterocycles. The molecular formula is C16H18N2O4. The molecule has 1 aromatic carbocycles. The monoisotopic (exact) mass is 302 g/mol. The van der Waals surface area contributed by atoms with Crippen LogP contribution in [0.5, 0.6) is 0 Å². The zero-order chi connectivity index (χ0) is 16.1. The lowest BCUT2D eigenvalue weighted by Gasteiger charge is -2.18. The summed E-state index contributed by atoms with van der Waals surface area (Å²) in [6.07, 6.45) is 0. The van der Waals surface area contributed by atoms with Gasteiger partial charge in [0.1, 0.15) is 11.7 Å². The first-order valence-electron chi connectivity index (χ1n) is 6.93. The van der Waals surface area contributed by atoms with Crippen molar-refractivity contribution in [2.45, 2.75) is 19.9 Å². The molecule has 0 aliphatic carbocycles. The summed E-state index contributed by atoms with van der Waals surface area (Å²) in [5.74, 6) is -1.05. The van der Waals surface area contributed by atoms with E-state index in [-0.39, 0.29) is 11.7 Å². The van der Waals surface area contributed by atoms with Gasteiger partial charge in [0.05, 0.1) is 7.11 Å². The van der Waals surface area contributed by atoms with E-state index in [4.69, 9.17) is 4.52 Å². The molecular weight excluding hydrogens is 284 g/mol. The zero-order valence-electron chi connectivity index (χ0n) is 12.7. The molecule has 0 aliphatic heterocycles. The van der Waals surface area contributed by atoms with Gasteiger partial charge in [-0.2, -0.15) is 0 Å². The van der Waals surface area contributed by atoms with Gasteiger partial charge in [0.2, 0.25) is 5.76 Å². The van der Waals surface area contributed by atoms with Gasteiger partial charge < -0.3 is 14.6 Å². The number of carbonyl (C=O) groups excluding carboxylic acids is 2. The Labute approximate surface area is 128 Å². The van der Waals surface area contributed by atoms with Gasteiger partial charge in [-0.3, -0.25) is 4.79 Å². The molecule has 6 nitrogen and oxygen atoms in total. The lowest BCUT2D eigenvalue weighted by Crippen LogP contribution is -2.44. The molecule has 1 N–H and O–H groups in total. The number of hydrogen-bond donors (Lipinski definition) is 1. The van der Waals surface area contributed by atoms with Crippen molar-refractivity contribution in [3.63, 3.8) is 0 Å². The molecule has 0 aliphatic rings. The highest BCUT2D eigenvalue weighted by molar-refractivity contribution is 5.95. The van der Waals surface area contributed by atoms with Crippen molar-refractivity contribution >= 4 is 11.9 Å². The highest BCUT2D eigenvalue weighted by Crippen LogP contribution is 2.18. The molecule has 0 saturated carbocycles. The number of carbonyl (C=O) groups is 2. The molecule has 6 heteroatoms.